The Morgan fingerprint density at radius 3 is 2.70 bits per heavy atom. The molecule has 0 aliphatic rings. The summed E-state index contributed by atoms with van der Waals surface area (Å²) >= 11 is 6.15. The highest BCUT2D eigenvalue weighted by molar-refractivity contribution is 6.33. The average molecular weight is 384 g/mol. The van der Waals surface area contributed by atoms with Gasteiger partial charge in [0.2, 0.25) is 5.91 Å². The SMILES string of the molecule is CCC(=O)Nc1cccc(C(=O)NCc2cc(-c3ccccc3Cl)on2)c1. The van der Waals surface area contributed by atoms with Gasteiger partial charge in [0.15, 0.2) is 5.76 Å². The molecule has 0 bridgehead atoms. The van der Waals surface area contributed by atoms with Crippen molar-refractivity contribution in [2.45, 2.75) is 19.9 Å². The minimum absolute atomic E-state index is 0.109. The molecular weight excluding hydrogens is 366 g/mol. The number of hydrogen-bond donors (Lipinski definition) is 2. The minimum Gasteiger partial charge on any atom is -0.356 e. The van der Waals surface area contributed by atoms with Crippen molar-refractivity contribution >= 4 is 29.1 Å². The van der Waals surface area contributed by atoms with Gasteiger partial charge < -0.3 is 15.2 Å². The fraction of sp³-hybridized carbons (Fsp3) is 0.150. The molecule has 1 aromatic heterocycles. The van der Waals surface area contributed by atoms with Gasteiger partial charge in [-0.1, -0.05) is 41.9 Å². The molecule has 3 rings (SSSR count). The van der Waals surface area contributed by atoms with E-state index in [1.54, 1.807) is 43.3 Å². The van der Waals surface area contributed by atoms with Crippen LogP contribution in [0.2, 0.25) is 5.02 Å². The summed E-state index contributed by atoms with van der Waals surface area (Å²) in [5.74, 6) is 0.154. The molecule has 3 aromatic rings. The van der Waals surface area contributed by atoms with E-state index < -0.39 is 0 Å². The molecule has 0 unspecified atom stereocenters. The zero-order valence-corrected chi connectivity index (χ0v) is 15.4. The molecule has 2 N–H and O–H groups in total. The van der Waals surface area contributed by atoms with Crippen molar-refractivity contribution in [1.82, 2.24) is 10.5 Å². The van der Waals surface area contributed by atoms with Crippen molar-refractivity contribution in [1.29, 1.82) is 0 Å². The number of amides is 2. The van der Waals surface area contributed by atoms with E-state index in [1.165, 1.54) is 0 Å². The molecule has 0 aliphatic carbocycles. The lowest BCUT2D eigenvalue weighted by Crippen LogP contribution is -2.23. The second kappa shape index (κ2) is 8.51. The van der Waals surface area contributed by atoms with E-state index in [0.29, 0.717) is 34.1 Å². The predicted molar refractivity (Wildman–Crippen MR) is 103 cm³/mol. The van der Waals surface area contributed by atoms with Crippen LogP contribution in [0.25, 0.3) is 11.3 Å². The summed E-state index contributed by atoms with van der Waals surface area (Å²) < 4.78 is 5.31. The highest BCUT2D eigenvalue weighted by Gasteiger charge is 2.12. The Bertz CT molecular complexity index is 968. The van der Waals surface area contributed by atoms with Crippen LogP contribution in [0.1, 0.15) is 29.4 Å². The summed E-state index contributed by atoms with van der Waals surface area (Å²) in [7, 11) is 0. The predicted octanol–water partition coefficient (Wildman–Crippen LogP) is 4.27. The maximum Gasteiger partial charge on any atom is 0.251 e. The molecule has 7 heteroatoms. The van der Waals surface area contributed by atoms with E-state index in [1.807, 2.05) is 18.2 Å². The second-order valence-electron chi connectivity index (χ2n) is 5.83. The van der Waals surface area contributed by atoms with E-state index in [2.05, 4.69) is 15.8 Å². The summed E-state index contributed by atoms with van der Waals surface area (Å²) in [4.78, 5) is 23.8. The third-order valence-corrected chi connectivity index (χ3v) is 4.19. The third-order valence-electron chi connectivity index (χ3n) is 3.86. The van der Waals surface area contributed by atoms with Crippen molar-refractivity contribution in [2.24, 2.45) is 0 Å². The summed E-state index contributed by atoms with van der Waals surface area (Å²) in [5, 5.41) is 10.0. The van der Waals surface area contributed by atoms with E-state index in [9.17, 15) is 9.59 Å². The molecule has 0 aliphatic heterocycles. The van der Waals surface area contributed by atoms with Crippen molar-refractivity contribution in [2.75, 3.05) is 5.32 Å². The zero-order valence-electron chi connectivity index (χ0n) is 14.7. The molecule has 0 saturated carbocycles. The van der Waals surface area contributed by atoms with Gasteiger partial charge in [-0.15, -0.1) is 0 Å². The lowest BCUT2D eigenvalue weighted by atomic mass is 10.1. The Hall–Kier alpha value is -3.12. The first-order valence-corrected chi connectivity index (χ1v) is 8.83. The lowest BCUT2D eigenvalue weighted by Gasteiger charge is -2.07. The number of halogens is 1. The molecular formula is C20H18ClN3O3. The first-order chi connectivity index (χ1) is 13.1. The zero-order chi connectivity index (χ0) is 19.2. The van der Waals surface area contributed by atoms with Gasteiger partial charge in [0.1, 0.15) is 5.69 Å². The van der Waals surface area contributed by atoms with Crippen LogP contribution in [0.15, 0.2) is 59.1 Å². The van der Waals surface area contributed by atoms with Crippen LogP contribution >= 0.6 is 11.6 Å². The molecule has 0 saturated heterocycles. The van der Waals surface area contributed by atoms with Gasteiger partial charge in [0.05, 0.1) is 11.6 Å². The Balaban J connectivity index is 1.64. The van der Waals surface area contributed by atoms with Gasteiger partial charge in [-0.05, 0) is 30.3 Å². The van der Waals surface area contributed by atoms with E-state index in [-0.39, 0.29) is 18.4 Å². The molecule has 1 heterocycles. The normalized spacial score (nSPS) is 10.4. The molecule has 0 atom stereocenters. The van der Waals surface area contributed by atoms with Gasteiger partial charge in [-0.25, -0.2) is 0 Å². The van der Waals surface area contributed by atoms with Crippen molar-refractivity contribution in [3.05, 3.63) is 70.9 Å². The highest BCUT2D eigenvalue weighted by Crippen LogP contribution is 2.27. The fourth-order valence-corrected chi connectivity index (χ4v) is 2.67. The average Bonchev–Trinajstić information content (AvgIpc) is 3.15. The van der Waals surface area contributed by atoms with E-state index >= 15 is 0 Å². The van der Waals surface area contributed by atoms with Crippen LogP contribution in [0.5, 0.6) is 0 Å². The van der Waals surface area contributed by atoms with Crippen molar-refractivity contribution < 1.29 is 14.1 Å². The van der Waals surface area contributed by atoms with Crippen LogP contribution in [-0.4, -0.2) is 17.0 Å². The van der Waals surface area contributed by atoms with E-state index in [0.717, 1.165) is 5.56 Å². The number of carbonyl (C=O) groups excluding carboxylic acids is 2. The molecule has 0 radical (unpaired) electrons. The fourth-order valence-electron chi connectivity index (χ4n) is 2.44. The largest absolute Gasteiger partial charge is 0.356 e. The van der Waals surface area contributed by atoms with Crippen LogP contribution in [0, 0.1) is 0 Å². The molecule has 0 fully saturated rings. The van der Waals surface area contributed by atoms with Crippen LogP contribution in [0.3, 0.4) is 0 Å². The number of nitrogens with one attached hydrogen (secondary N) is 2. The lowest BCUT2D eigenvalue weighted by molar-refractivity contribution is -0.115. The van der Waals surface area contributed by atoms with Gasteiger partial charge in [0, 0.05) is 29.3 Å². The van der Waals surface area contributed by atoms with Gasteiger partial charge in [-0.3, -0.25) is 9.59 Å². The molecule has 27 heavy (non-hydrogen) atoms. The number of anilines is 1. The van der Waals surface area contributed by atoms with Gasteiger partial charge >= 0.3 is 0 Å². The van der Waals surface area contributed by atoms with Crippen molar-refractivity contribution in [3.63, 3.8) is 0 Å². The third kappa shape index (κ3) is 4.74. The number of nitrogens with zero attached hydrogens (tertiary/aromatic N) is 1. The summed E-state index contributed by atoms with van der Waals surface area (Å²) in [6, 6.07) is 15.8. The van der Waals surface area contributed by atoms with Gasteiger partial charge in [0.25, 0.3) is 5.91 Å². The number of benzene rings is 2. The van der Waals surface area contributed by atoms with Gasteiger partial charge in [-0.2, -0.15) is 0 Å². The number of aromatic nitrogens is 1. The Morgan fingerprint density at radius 1 is 1.11 bits per heavy atom. The molecule has 138 valence electrons. The van der Waals surface area contributed by atoms with E-state index in [4.69, 9.17) is 16.1 Å². The first-order valence-electron chi connectivity index (χ1n) is 8.45. The molecule has 2 amide bonds. The Labute approximate surface area is 161 Å². The molecule has 6 nitrogen and oxygen atoms in total. The van der Waals surface area contributed by atoms with Crippen LogP contribution < -0.4 is 10.6 Å². The van der Waals surface area contributed by atoms with Crippen LogP contribution in [0.4, 0.5) is 5.69 Å². The minimum atomic E-state index is -0.273. The first kappa shape index (κ1) is 18.7. The summed E-state index contributed by atoms with van der Waals surface area (Å²) in [5.41, 5.74) is 2.34. The second-order valence-corrected chi connectivity index (χ2v) is 6.23. The van der Waals surface area contributed by atoms with Crippen molar-refractivity contribution in [3.8, 4) is 11.3 Å². The Morgan fingerprint density at radius 2 is 1.93 bits per heavy atom. The standard InChI is InChI=1S/C20H18ClN3O3/c1-2-19(25)23-14-7-5-6-13(10-14)20(26)22-12-15-11-18(27-24-15)16-8-3-4-9-17(16)21/h3-11H,2,12H2,1H3,(H,22,26)(H,23,25). The number of rotatable bonds is 6. The van der Waals surface area contributed by atoms with Crippen LogP contribution in [-0.2, 0) is 11.3 Å². The monoisotopic (exact) mass is 383 g/mol. The topological polar surface area (TPSA) is 84.2 Å². The number of carbonyl (C=O) groups is 2. The maximum atomic E-state index is 12.4. The Kier molecular flexibility index (Phi) is 5.88. The highest BCUT2D eigenvalue weighted by atomic mass is 35.5. The maximum absolute atomic E-state index is 12.4. The molecule has 0 spiro atoms. The summed E-state index contributed by atoms with van der Waals surface area (Å²) in [6.07, 6.45) is 0.371. The molecule has 2 aromatic carbocycles. The smallest absolute Gasteiger partial charge is 0.251 e. The number of hydrogen-bond acceptors (Lipinski definition) is 4. The quantitative estimate of drug-likeness (QED) is 0.665. The summed E-state index contributed by atoms with van der Waals surface area (Å²) in [6.45, 7) is 1.97.